The number of aromatic nitrogens is 4. The summed E-state index contributed by atoms with van der Waals surface area (Å²) in [5.41, 5.74) is 7.20. The van der Waals surface area contributed by atoms with Gasteiger partial charge in [-0.25, -0.2) is 9.50 Å². The van der Waals surface area contributed by atoms with E-state index in [2.05, 4.69) is 66.5 Å². The molecule has 4 heterocycles. The van der Waals surface area contributed by atoms with Gasteiger partial charge in [0.15, 0.2) is 5.65 Å². The number of nitrogens with zero attached hydrogens (tertiary/aromatic N) is 3. The van der Waals surface area contributed by atoms with Crippen LogP contribution in [0, 0.1) is 6.92 Å². The van der Waals surface area contributed by atoms with Gasteiger partial charge < -0.3 is 10.3 Å². The topological polar surface area (TPSA) is 58.0 Å². The van der Waals surface area contributed by atoms with E-state index >= 15 is 0 Å². The first-order valence-corrected chi connectivity index (χ1v) is 12.0. The maximum Gasteiger partial charge on any atom is 0.158 e. The Kier molecular flexibility index (Phi) is 5.15. The maximum absolute atomic E-state index is 4.37. The van der Waals surface area contributed by atoms with Crippen LogP contribution < -0.4 is 5.32 Å². The fourth-order valence-corrected chi connectivity index (χ4v) is 6.57. The Balaban J connectivity index is 1.59. The molecule has 0 aromatic carbocycles. The van der Waals surface area contributed by atoms with Gasteiger partial charge in [0.2, 0.25) is 0 Å². The van der Waals surface area contributed by atoms with Crippen molar-refractivity contribution in [3.05, 3.63) is 40.7 Å². The van der Waals surface area contributed by atoms with E-state index in [0.717, 1.165) is 11.2 Å². The zero-order valence-corrected chi connectivity index (χ0v) is 19.1. The molecule has 0 radical (unpaired) electrons. The van der Waals surface area contributed by atoms with Gasteiger partial charge in [0, 0.05) is 22.7 Å². The third-order valence-corrected chi connectivity index (χ3v) is 8.02. The fraction of sp³-hybridized carbons (Fsp3) is 0.500. The number of aromatic amines is 1. The molecular weight excluding hydrogens is 390 g/mol. The average Bonchev–Trinajstić information content (AvgIpc) is 3.38. The summed E-state index contributed by atoms with van der Waals surface area (Å²) >= 11 is 2.01. The third kappa shape index (κ3) is 3.36. The number of rotatable bonds is 4. The van der Waals surface area contributed by atoms with Gasteiger partial charge >= 0.3 is 0 Å². The number of H-pyrrole nitrogens is 1. The highest BCUT2D eigenvalue weighted by molar-refractivity contribution is 7.19. The van der Waals surface area contributed by atoms with Crippen LogP contribution >= 0.6 is 11.3 Å². The predicted octanol–water partition coefficient (Wildman–Crippen LogP) is 6.01. The Morgan fingerprint density at radius 1 is 1.23 bits per heavy atom. The van der Waals surface area contributed by atoms with Crippen LogP contribution in [0.1, 0.15) is 73.8 Å². The van der Waals surface area contributed by atoms with E-state index in [4.69, 9.17) is 0 Å². The van der Waals surface area contributed by atoms with Crippen LogP contribution in [0.25, 0.3) is 27.1 Å². The molecule has 5 rings (SSSR count). The first-order chi connectivity index (χ1) is 14.5. The molecule has 6 heteroatoms. The normalized spacial score (nSPS) is 20.4. The van der Waals surface area contributed by atoms with Crippen LogP contribution in [0.4, 0.5) is 0 Å². The monoisotopic (exact) mass is 421 g/mol. The summed E-state index contributed by atoms with van der Waals surface area (Å²) in [7, 11) is 2.11. The maximum atomic E-state index is 4.37. The minimum Gasteiger partial charge on any atom is -0.354 e. The van der Waals surface area contributed by atoms with Gasteiger partial charge in [-0.05, 0) is 68.3 Å². The molecule has 1 saturated carbocycles. The second-order valence-corrected chi connectivity index (χ2v) is 10.2. The number of nitrogens with one attached hydrogen (secondary N) is 2. The molecule has 0 saturated heterocycles. The summed E-state index contributed by atoms with van der Waals surface area (Å²) in [6.45, 7) is 6.71. The molecule has 4 aromatic rings. The lowest BCUT2D eigenvalue weighted by Crippen LogP contribution is -2.25. The van der Waals surface area contributed by atoms with Gasteiger partial charge in [0.05, 0.1) is 15.9 Å². The average molecular weight is 422 g/mol. The molecule has 2 unspecified atom stereocenters. The Bertz CT molecular complexity index is 1180. The lowest BCUT2D eigenvalue weighted by molar-refractivity contribution is 0.474. The first-order valence-electron chi connectivity index (χ1n) is 11.2. The van der Waals surface area contributed by atoms with Crippen molar-refractivity contribution in [3.8, 4) is 11.3 Å². The van der Waals surface area contributed by atoms with Crippen LogP contribution in [0.2, 0.25) is 0 Å². The molecule has 0 aliphatic heterocycles. The number of hydrogen-bond acceptors (Lipinski definition) is 4. The second kappa shape index (κ2) is 7.82. The van der Waals surface area contributed by atoms with Gasteiger partial charge in [-0.3, -0.25) is 0 Å². The van der Waals surface area contributed by atoms with E-state index in [1.807, 2.05) is 15.9 Å². The zero-order chi connectivity index (χ0) is 20.8. The van der Waals surface area contributed by atoms with Gasteiger partial charge in [0.1, 0.15) is 6.33 Å². The van der Waals surface area contributed by atoms with Gasteiger partial charge in [0.25, 0.3) is 0 Å². The van der Waals surface area contributed by atoms with E-state index < -0.39 is 0 Å². The summed E-state index contributed by atoms with van der Waals surface area (Å²) < 4.78 is 3.31. The molecule has 4 aromatic heterocycles. The van der Waals surface area contributed by atoms with Crippen LogP contribution in [-0.4, -0.2) is 32.7 Å². The number of fused-ring (bicyclic) bond motifs is 2. The van der Waals surface area contributed by atoms with Crippen molar-refractivity contribution < 1.29 is 0 Å². The molecule has 2 N–H and O–H groups in total. The largest absolute Gasteiger partial charge is 0.354 e. The second-order valence-electron chi connectivity index (χ2n) is 9.10. The van der Waals surface area contributed by atoms with Crippen molar-refractivity contribution in [2.75, 3.05) is 7.05 Å². The molecule has 0 bridgehead atoms. The van der Waals surface area contributed by atoms with Crippen LogP contribution in [0.5, 0.6) is 0 Å². The summed E-state index contributed by atoms with van der Waals surface area (Å²) in [5.74, 6) is 1.12. The Hall–Kier alpha value is -2.18. The molecule has 1 aliphatic carbocycles. The molecule has 5 nitrogen and oxygen atoms in total. The molecule has 1 aliphatic rings. The van der Waals surface area contributed by atoms with E-state index in [1.165, 1.54) is 59.1 Å². The first kappa shape index (κ1) is 19.8. The standard InChI is InChI=1S/C24H31N5S/c1-14(2)21-22(17-9-15(3)24-26-13-27-29(24)12-17)28-19-11-20(30-23(19)21)16-7-5-6-8-18(10-16)25-4/h9,11-14,16,18,25,28H,5-8,10H2,1-4H3. The number of hydrogen-bond donors (Lipinski definition) is 2. The molecule has 2 atom stereocenters. The zero-order valence-electron chi connectivity index (χ0n) is 18.3. The van der Waals surface area contributed by atoms with E-state index in [-0.39, 0.29) is 0 Å². The highest BCUT2D eigenvalue weighted by Gasteiger charge is 2.25. The Morgan fingerprint density at radius 3 is 2.87 bits per heavy atom. The summed E-state index contributed by atoms with van der Waals surface area (Å²) in [6.07, 6.45) is 10.3. The van der Waals surface area contributed by atoms with Gasteiger partial charge in [-0.15, -0.1) is 11.3 Å². The van der Waals surface area contributed by atoms with Crippen LogP contribution in [0.15, 0.2) is 24.7 Å². The van der Waals surface area contributed by atoms with Crippen molar-refractivity contribution in [1.82, 2.24) is 24.9 Å². The SMILES string of the molecule is CNC1CCCCC(c2cc3[nH]c(-c4cc(C)c5ncnn5c4)c(C(C)C)c3s2)C1. The Morgan fingerprint density at radius 2 is 2.07 bits per heavy atom. The van der Waals surface area contributed by atoms with Crippen LogP contribution in [-0.2, 0) is 0 Å². The predicted molar refractivity (Wildman–Crippen MR) is 126 cm³/mol. The minimum absolute atomic E-state index is 0.450. The quantitative estimate of drug-likeness (QED) is 0.397. The fourth-order valence-electron chi connectivity index (χ4n) is 5.11. The van der Waals surface area contributed by atoms with Gasteiger partial charge in [-0.1, -0.05) is 26.7 Å². The van der Waals surface area contributed by atoms with Crippen LogP contribution in [0.3, 0.4) is 0 Å². The summed E-state index contributed by atoms with van der Waals surface area (Å²) in [5, 5.41) is 7.90. The highest BCUT2D eigenvalue weighted by Crippen LogP contribution is 2.44. The molecular formula is C24H31N5S. The molecule has 0 amide bonds. The van der Waals surface area contributed by atoms with Crippen molar-refractivity contribution in [2.45, 2.75) is 70.8 Å². The third-order valence-electron chi connectivity index (χ3n) is 6.68. The lowest BCUT2D eigenvalue weighted by Gasteiger charge is -2.18. The van der Waals surface area contributed by atoms with E-state index in [1.54, 1.807) is 11.2 Å². The summed E-state index contributed by atoms with van der Waals surface area (Å²) in [4.78, 5) is 9.70. The summed E-state index contributed by atoms with van der Waals surface area (Å²) in [6, 6.07) is 5.31. The molecule has 0 spiro atoms. The smallest absolute Gasteiger partial charge is 0.158 e. The number of thiophene rings is 1. The van der Waals surface area contributed by atoms with E-state index in [9.17, 15) is 0 Å². The number of aryl methyl sites for hydroxylation is 1. The molecule has 1 fully saturated rings. The Labute approximate surface area is 181 Å². The van der Waals surface area contributed by atoms with E-state index in [0.29, 0.717) is 17.9 Å². The van der Waals surface area contributed by atoms with Gasteiger partial charge in [-0.2, -0.15) is 5.10 Å². The van der Waals surface area contributed by atoms with Crippen molar-refractivity contribution in [2.24, 2.45) is 0 Å². The van der Waals surface area contributed by atoms with Crippen molar-refractivity contribution >= 4 is 27.2 Å². The highest BCUT2D eigenvalue weighted by atomic mass is 32.1. The van der Waals surface area contributed by atoms with Crippen molar-refractivity contribution in [1.29, 1.82) is 0 Å². The molecule has 30 heavy (non-hydrogen) atoms. The number of pyridine rings is 1. The minimum atomic E-state index is 0.450. The van der Waals surface area contributed by atoms with Crippen molar-refractivity contribution in [3.63, 3.8) is 0 Å². The molecule has 158 valence electrons. The lowest BCUT2D eigenvalue weighted by atomic mass is 9.96.